The van der Waals surface area contributed by atoms with Crippen LogP contribution in [-0.4, -0.2) is 29.1 Å². The molecule has 0 fully saturated rings. The molecule has 0 saturated carbocycles. The van der Waals surface area contributed by atoms with Gasteiger partial charge in [-0.3, -0.25) is 4.79 Å². The lowest BCUT2D eigenvalue weighted by Gasteiger charge is -2.18. The molecule has 2 N–H and O–H groups in total. The summed E-state index contributed by atoms with van der Waals surface area (Å²) in [6.45, 7) is 5.33. The minimum absolute atomic E-state index is 0.223. The third-order valence-electron chi connectivity index (χ3n) is 4.53. The van der Waals surface area contributed by atoms with Gasteiger partial charge in [0, 0.05) is 17.4 Å². The van der Waals surface area contributed by atoms with Crippen molar-refractivity contribution < 1.29 is 14.3 Å². The average molecular weight is 390 g/mol. The Kier molecular flexibility index (Phi) is 5.29. The zero-order valence-corrected chi connectivity index (χ0v) is 16.3. The van der Waals surface area contributed by atoms with Crippen molar-refractivity contribution in [1.82, 2.24) is 9.97 Å². The van der Waals surface area contributed by atoms with Crippen molar-refractivity contribution in [3.63, 3.8) is 0 Å². The summed E-state index contributed by atoms with van der Waals surface area (Å²) in [5, 5.41) is 5.98. The molecule has 1 aliphatic rings. The van der Waals surface area contributed by atoms with Crippen LogP contribution in [0.1, 0.15) is 35.8 Å². The van der Waals surface area contributed by atoms with Gasteiger partial charge in [0.25, 0.3) is 5.91 Å². The lowest BCUT2D eigenvalue weighted by molar-refractivity contribution is 0.102. The molecule has 148 valence electrons. The smallest absolute Gasteiger partial charge is 0.275 e. The van der Waals surface area contributed by atoms with Gasteiger partial charge in [-0.25, -0.2) is 9.97 Å². The van der Waals surface area contributed by atoms with Crippen LogP contribution in [-0.2, 0) is 0 Å². The van der Waals surface area contributed by atoms with Gasteiger partial charge in [0.05, 0.1) is 12.4 Å². The van der Waals surface area contributed by atoms with E-state index < -0.39 is 0 Å². The molecule has 29 heavy (non-hydrogen) atoms. The summed E-state index contributed by atoms with van der Waals surface area (Å²) in [6, 6.07) is 13.4. The maximum Gasteiger partial charge on any atom is 0.275 e. The maximum absolute atomic E-state index is 12.4. The molecule has 1 aromatic heterocycles. The summed E-state index contributed by atoms with van der Waals surface area (Å²) in [5.41, 5.74) is 3.01. The van der Waals surface area contributed by atoms with Gasteiger partial charge >= 0.3 is 0 Å². The number of nitrogens with one attached hydrogen (secondary N) is 2. The Morgan fingerprint density at radius 1 is 0.931 bits per heavy atom. The van der Waals surface area contributed by atoms with E-state index in [1.54, 1.807) is 18.2 Å². The number of benzene rings is 2. The van der Waals surface area contributed by atoms with Gasteiger partial charge in [-0.1, -0.05) is 26.0 Å². The van der Waals surface area contributed by atoms with Crippen LogP contribution in [0.5, 0.6) is 11.5 Å². The highest BCUT2D eigenvalue weighted by Gasteiger charge is 2.14. The molecule has 7 nitrogen and oxygen atoms in total. The lowest BCUT2D eigenvalue weighted by Crippen LogP contribution is -2.17. The standard InChI is InChI=1S/C22H22N4O3/c1-14(2)15-3-5-16(6-4-15)25-21-13-23-18(12-24-21)22(27)26-17-7-8-19-20(11-17)29-10-9-28-19/h3-8,11-14H,9-10H2,1-2H3,(H,24,25)(H,26,27). The normalized spacial score (nSPS) is 12.5. The Morgan fingerprint density at radius 2 is 1.66 bits per heavy atom. The molecule has 4 rings (SSSR count). The third-order valence-corrected chi connectivity index (χ3v) is 4.53. The molecule has 2 aromatic carbocycles. The zero-order valence-electron chi connectivity index (χ0n) is 16.3. The summed E-state index contributed by atoms with van der Waals surface area (Å²) in [7, 11) is 0. The van der Waals surface area contributed by atoms with Crippen molar-refractivity contribution in [2.24, 2.45) is 0 Å². The molecule has 0 saturated heterocycles. The predicted octanol–water partition coefficient (Wildman–Crippen LogP) is 4.37. The van der Waals surface area contributed by atoms with E-state index in [9.17, 15) is 4.79 Å². The minimum Gasteiger partial charge on any atom is -0.486 e. The number of nitrogens with zero attached hydrogens (tertiary/aromatic N) is 2. The summed E-state index contributed by atoms with van der Waals surface area (Å²) in [4.78, 5) is 20.9. The van der Waals surface area contributed by atoms with Gasteiger partial charge < -0.3 is 20.1 Å². The molecule has 0 bridgehead atoms. The van der Waals surface area contributed by atoms with Gasteiger partial charge in [0.2, 0.25) is 0 Å². The molecule has 0 unspecified atom stereocenters. The van der Waals surface area contributed by atoms with E-state index in [1.165, 1.54) is 18.0 Å². The van der Waals surface area contributed by atoms with E-state index in [2.05, 4.69) is 46.6 Å². The lowest BCUT2D eigenvalue weighted by atomic mass is 10.0. The summed E-state index contributed by atoms with van der Waals surface area (Å²) >= 11 is 0. The Morgan fingerprint density at radius 3 is 2.34 bits per heavy atom. The van der Waals surface area contributed by atoms with Crippen LogP contribution < -0.4 is 20.1 Å². The van der Waals surface area contributed by atoms with Gasteiger partial charge in [0.15, 0.2) is 11.5 Å². The van der Waals surface area contributed by atoms with Crippen molar-refractivity contribution in [3.8, 4) is 11.5 Å². The first-order valence-corrected chi connectivity index (χ1v) is 9.48. The van der Waals surface area contributed by atoms with E-state index in [0.717, 1.165) is 5.69 Å². The molecule has 0 aliphatic carbocycles. The van der Waals surface area contributed by atoms with Crippen molar-refractivity contribution in [2.75, 3.05) is 23.8 Å². The number of anilines is 3. The fourth-order valence-corrected chi connectivity index (χ4v) is 2.93. The van der Waals surface area contributed by atoms with Crippen LogP contribution in [0.2, 0.25) is 0 Å². The zero-order chi connectivity index (χ0) is 20.2. The molecule has 0 atom stereocenters. The van der Waals surface area contributed by atoms with Crippen LogP contribution >= 0.6 is 0 Å². The van der Waals surface area contributed by atoms with Gasteiger partial charge in [0.1, 0.15) is 24.7 Å². The molecular weight excluding hydrogens is 368 g/mol. The van der Waals surface area contributed by atoms with E-state index in [0.29, 0.717) is 42.1 Å². The molecule has 0 spiro atoms. The fraction of sp³-hybridized carbons (Fsp3) is 0.227. The van der Waals surface area contributed by atoms with Gasteiger partial charge in [-0.2, -0.15) is 0 Å². The summed E-state index contributed by atoms with van der Waals surface area (Å²) < 4.78 is 11.0. The van der Waals surface area contributed by atoms with Crippen LogP contribution in [0.4, 0.5) is 17.2 Å². The Bertz CT molecular complexity index is 1000. The number of carbonyl (C=O) groups is 1. The molecule has 3 aromatic rings. The first-order valence-electron chi connectivity index (χ1n) is 9.48. The predicted molar refractivity (Wildman–Crippen MR) is 111 cm³/mol. The maximum atomic E-state index is 12.4. The minimum atomic E-state index is -0.345. The van der Waals surface area contributed by atoms with Crippen molar-refractivity contribution >= 4 is 23.1 Å². The van der Waals surface area contributed by atoms with Gasteiger partial charge in [-0.05, 0) is 35.7 Å². The highest BCUT2D eigenvalue weighted by atomic mass is 16.6. The number of carbonyl (C=O) groups excluding carboxylic acids is 1. The van der Waals surface area contributed by atoms with Crippen LogP contribution in [0.25, 0.3) is 0 Å². The molecular formula is C22H22N4O3. The quantitative estimate of drug-likeness (QED) is 0.673. The third kappa shape index (κ3) is 4.45. The first-order chi connectivity index (χ1) is 14.1. The van der Waals surface area contributed by atoms with E-state index in [1.807, 2.05) is 12.1 Å². The average Bonchev–Trinajstić information content (AvgIpc) is 2.74. The van der Waals surface area contributed by atoms with Crippen LogP contribution in [0.15, 0.2) is 54.9 Å². The Labute approximate surface area is 169 Å². The molecule has 1 amide bonds. The number of rotatable bonds is 5. The largest absolute Gasteiger partial charge is 0.486 e. The Hall–Kier alpha value is -3.61. The van der Waals surface area contributed by atoms with Crippen LogP contribution in [0.3, 0.4) is 0 Å². The summed E-state index contributed by atoms with van der Waals surface area (Å²) in [6.07, 6.45) is 2.98. The molecule has 2 heterocycles. The second kappa shape index (κ2) is 8.18. The number of ether oxygens (including phenoxy) is 2. The van der Waals surface area contributed by atoms with Crippen molar-refractivity contribution in [3.05, 3.63) is 66.1 Å². The summed E-state index contributed by atoms with van der Waals surface area (Å²) in [5.74, 6) is 1.99. The SMILES string of the molecule is CC(C)c1ccc(Nc2cnc(C(=O)Nc3ccc4c(c3)OCCO4)cn2)cc1. The topological polar surface area (TPSA) is 85.4 Å². The van der Waals surface area contributed by atoms with Gasteiger partial charge in [-0.15, -0.1) is 0 Å². The second-order valence-electron chi connectivity index (χ2n) is 7.00. The molecule has 0 radical (unpaired) electrons. The monoisotopic (exact) mass is 390 g/mol. The highest BCUT2D eigenvalue weighted by Crippen LogP contribution is 2.32. The number of amides is 1. The van der Waals surface area contributed by atoms with E-state index in [4.69, 9.17) is 9.47 Å². The van der Waals surface area contributed by atoms with Crippen molar-refractivity contribution in [2.45, 2.75) is 19.8 Å². The number of aromatic nitrogens is 2. The number of hydrogen-bond acceptors (Lipinski definition) is 6. The van der Waals surface area contributed by atoms with Crippen molar-refractivity contribution in [1.29, 1.82) is 0 Å². The van der Waals surface area contributed by atoms with E-state index in [-0.39, 0.29) is 11.6 Å². The van der Waals surface area contributed by atoms with Crippen LogP contribution in [0, 0.1) is 0 Å². The number of hydrogen-bond donors (Lipinski definition) is 2. The Balaban J connectivity index is 1.40. The fourth-order valence-electron chi connectivity index (χ4n) is 2.93. The van der Waals surface area contributed by atoms with E-state index >= 15 is 0 Å². The second-order valence-corrected chi connectivity index (χ2v) is 7.00. The first kappa shape index (κ1) is 18.7. The number of fused-ring (bicyclic) bond motifs is 1. The highest BCUT2D eigenvalue weighted by molar-refractivity contribution is 6.02. The molecule has 7 heteroatoms. The molecule has 1 aliphatic heterocycles.